The van der Waals surface area contributed by atoms with Gasteiger partial charge in [0.2, 0.25) is 5.91 Å². The molecule has 108 valence electrons. The fraction of sp³-hybridized carbons (Fsp3) is 0.462. The van der Waals surface area contributed by atoms with Gasteiger partial charge in [0.1, 0.15) is 5.56 Å². The molecule has 6 nitrogen and oxygen atoms in total. The highest BCUT2D eigenvalue weighted by Crippen LogP contribution is 2.34. The molecule has 1 saturated heterocycles. The zero-order valence-corrected chi connectivity index (χ0v) is 11.3. The second kappa shape index (κ2) is 5.07. The molecular weight excluding hydrogens is 265 g/mol. The molecule has 7 heteroatoms. The van der Waals surface area contributed by atoms with E-state index in [1.54, 1.807) is 18.9 Å². The molecule has 2 N–H and O–H groups in total. The molecule has 0 aromatic carbocycles. The van der Waals surface area contributed by atoms with E-state index in [0.717, 1.165) is 6.07 Å². The van der Waals surface area contributed by atoms with E-state index < -0.39 is 22.8 Å². The Bertz CT molecular complexity index is 564. The Morgan fingerprint density at radius 2 is 2.25 bits per heavy atom. The Morgan fingerprint density at radius 1 is 1.55 bits per heavy atom. The van der Waals surface area contributed by atoms with Crippen LogP contribution in [0.2, 0.25) is 0 Å². The number of aromatic nitrogens is 1. The second-order valence-electron chi connectivity index (χ2n) is 5.11. The molecule has 0 spiro atoms. The minimum Gasteiger partial charge on any atom is -0.478 e. The van der Waals surface area contributed by atoms with Gasteiger partial charge in [0.15, 0.2) is 11.6 Å². The van der Waals surface area contributed by atoms with Crippen LogP contribution in [0.5, 0.6) is 0 Å². The van der Waals surface area contributed by atoms with Crippen LogP contribution in [-0.2, 0) is 4.79 Å². The molecule has 1 unspecified atom stereocenters. The minimum atomic E-state index is -1.33. The fourth-order valence-electron chi connectivity index (χ4n) is 2.45. The topological polar surface area (TPSA) is 82.5 Å². The van der Waals surface area contributed by atoms with Crippen LogP contribution >= 0.6 is 0 Å². The Morgan fingerprint density at radius 3 is 2.85 bits per heavy atom. The average molecular weight is 281 g/mol. The Kier molecular flexibility index (Phi) is 3.61. The summed E-state index contributed by atoms with van der Waals surface area (Å²) in [7, 11) is 1.56. The molecule has 20 heavy (non-hydrogen) atoms. The SMILES string of the molecule is CNC(=O)C1(C)CCN(c2nccc(C(=O)O)c2F)C1. The number of carboxylic acid groups (broad SMARTS) is 1. The molecule has 2 rings (SSSR count). The first-order valence-electron chi connectivity index (χ1n) is 6.24. The van der Waals surface area contributed by atoms with Crippen molar-refractivity contribution in [1.82, 2.24) is 10.3 Å². The lowest BCUT2D eigenvalue weighted by molar-refractivity contribution is -0.128. The van der Waals surface area contributed by atoms with Gasteiger partial charge in [-0.05, 0) is 19.4 Å². The lowest BCUT2D eigenvalue weighted by Crippen LogP contribution is -2.39. The number of carbonyl (C=O) groups excluding carboxylic acids is 1. The minimum absolute atomic E-state index is 0.0162. The summed E-state index contributed by atoms with van der Waals surface area (Å²) in [5.74, 6) is -2.33. The van der Waals surface area contributed by atoms with Crippen molar-refractivity contribution in [2.24, 2.45) is 5.41 Å². The van der Waals surface area contributed by atoms with Crippen molar-refractivity contribution in [3.05, 3.63) is 23.6 Å². The fourth-order valence-corrected chi connectivity index (χ4v) is 2.45. The van der Waals surface area contributed by atoms with Crippen LogP contribution in [0.25, 0.3) is 0 Å². The van der Waals surface area contributed by atoms with Crippen molar-refractivity contribution in [1.29, 1.82) is 0 Å². The highest BCUT2D eigenvalue weighted by molar-refractivity contribution is 5.89. The van der Waals surface area contributed by atoms with Crippen molar-refractivity contribution in [2.75, 3.05) is 25.0 Å². The Labute approximate surface area is 115 Å². The number of rotatable bonds is 3. The summed E-state index contributed by atoms with van der Waals surface area (Å²) in [6.07, 6.45) is 1.82. The van der Waals surface area contributed by atoms with E-state index in [0.29, 0.717) is 19.5 Å². The molecule has 2 heterocycles. The maximum atomic E-state index is 14.1. The summed E-state index contributed by atoms with van der Waals surface area (Å²) in [4.78, 5) is 28.3. The molecule has 1 aliphatic rings. The monoisotopic (exact) mass is 281 g/mol. The van der Waals surface area contributed by atoms with Crippen LogP contribution in [0.3, 0.4) is 0 Å². The lowest BCUT2D eigenvalue weighted by atomic mass is 9.89. The van der Waals surface area contributed by atoms with Crippen LogP contribution in [-0.4, -0.2) is 42.1 Å². The predicted molar refractivity (Wildman–Crippen MR) is 70.2 cm³/mol. The number of pyridine rings is 1. The summed E-state index contributed by atoms with van der Waals surface area (Å²) in [6.45, 7) is 2.56. The summed E-state index contributed by atoms with van der Waals surface area (Å²) in [5, 5.41) is 11.5. The van der Waals surface area contributed by atoms with Gasteiger partial charge >= 0.3 is 5.97 Å². The summed E-state index contributed by atoms with van der Waals surface area (Å²) < 4.78 is 14.1. The van der Waals surface area contributed by atoms with Crippen LogP contribution in [0, 0.1) is 11.2 Å². The van der Waals surface area contributed by atoms with Gasteiger partial charge in [-0.2, -0.15) is 0 Å². The third kappa shape index (κ3) is 2.31. The highest BCUT2D eigenvalue weighted by Gasteiger charge is 2.41. The zero-order chi connectivity index (χ0) is 14.9. The first kappa shape index (κ1) is 14.2. The van der Waals surface area contributed by atoms with Gasteiger partial charge in [-0.3, -0.25) is 4.79 Å². The molecular formula is C13H16FN3O3. The smallest absolute Gasteiger partial charge is 0.338 e. The number of hydrogen-bond acceptors (Lipinski definition) is 4. The molecule has 1 aromatic heterocycles. The second-order valence-corrected chi connectivity index (χ2v) is 5.11. The number of nitrogens with one attached hydrogen (secondary N) is 1. The Hall–Kier alpha value is -2.18. The van der Waals surface area contributed by atoms with Crippen LogP contribution in [0.15, 0.2) is 12.3 Å². The van der Waals surface area contributed by atoms with Crippen LogP contribution in [0.4, 0.5) is 10.2 Å². The standard InChI is InChI=1S/C13H16FN3O3/c1-13(12(20)15-2)4-6-17(7-13)10-9(14)8(11(18)19)3-5-16-10/h3,5H,4,6-7H2,1-2H3,(H,15,20)(H,18,19). The van der Waals surface area contributed by atoms with Crippen molar-refractivity contribution in [3.63, 3.8) is 0 Å². The maximum absolute atomic E-state index is 14.1. The number of hydrogen-bond donors (Lipinski definition) is 2. The van der Waals surface area contributed by atoms with Gasteiger partial charge in [0, 0.05) is 26.3 Å². The van der Waals surface area contributed by atoms with Gasteiger partial charge < -0.3 is 15.3 Å². The van der Waals surface area contributed by atoms with Crippen molar-refractivity contribution in [2.45, 2.75) is 13.3 Å². The predicted octanol–water partition coefficient (Wildman–Crippen LogP) is 0.881. The normalized spacial score (nSPS) is 21.9. The number of halogens is 1. The van der Waals surface area contributed by atoms with E-state index in [-0.39, 0.29) is 11.7 Å². The maximum Gasteiger partial charge on any atom is 0.338 e. The molecule has 1 atom stereocenters. The van der Waals surface area contributed by atoms with Crippen molar-refractivity contribution in [3.8, 4) is 0 Å². The third-order valence-electron chi connectivity index (χ3n) is 3.65. The summed E-state index contributed by atoms with van der Waals surface area (Å²) in [5.41, 5.74) is -1.04. The van der Waals surface area contributed by atoms with E-state index in [2.05, 4.69) is 10.3 Å². The van der Waals surface area contributed by atoms with E-state index in [1.807, 2.05) is 0 Å². The molecule has 1 aliphatic heterocycles. The molecule has 1 amide bonds. The van der Waals surface area contributed by atoms with Gasteiger partial charge in [0.25, 0.3) is 0 Å². The average Bonchev–Trinajstić information content (AvgIpc) is 2.81. The number of amides is 1. The lowest BCUT2D eigenvalue weighted by Gasteiger charge is -2.23. The van der Waals surface area contributed by atoms with Crippen LogP contribution < -0.4 is 10.2 Å². The molecule has 0 bridgehead atoms. The van der Waals surface area contributed by atoms with Gasteiger partial charge in [0.05, 0.1) is 5.41 Å². The quantitative estimate of drug-likeness (QED) is 0.859. The number of anilines is 1. The van der Waals surface area contributed by atoms with E-state index in [4.69, 9.17) is 5.11 Å². The molecule has 0 aliphatic carbocycles. The molecule has 0 saturated carbocycles. The zero-order valence-electron chi connectivity index (χ0n) is 11.3. The largest absolute Gasteiger partial charge is 0.478 e. The number of carbonyl (C=O) groups is 2. The molecule has 1 aromatic rings. The van der Waals surface area contributed by atoms with Crippen LogP contribution in [0.1, 0.15) is 23.7 Å². The number of carboxylic acids is 1. The van der Waals surface area contributed by atoms with E-state index >= 15 is 0 Å². The number of aromatic carboxylic acids is 1. The van der Waals surface area contributed by atoms with E-state index in [9.17, 15) is 14.0 Å². The summed E-state index contributed by atoms with van der Waals surface area (Å²) in [6, 6.07) is 1.12. The molecule has 1 fully saturated rings. The Balaban J connectivity index is 2.29. The van der Waals surface area contributed by atoms with Gasteiger partial charge in [-0.1, -0.05) is 0 Å². The first-order valence-corrected chi connectivity index (χ1v) is 6.24. The van der Waals surface area contributed by atoms with E-state index in [1.165, 1.54) is 6.20 Å². The van der Waals surface area contributed by atoms with Gasteiger partial charge in [-0.25, -0.2) is 14.2 Å². The third-order valence-corrected chi connectivity index (χ3v) is 3.65. The highest BCUT2D eigenvalue weighted by atomic mass is 19.1. The first-order chi connectivity index (χ1) is 9.39. The van der Waals surface area contributed by atoms with Gasteiger partial charge in [-0.15, -0.1) is 0 Å². The summed E-state index contributed by atoms with van der Waals surface area (Å²) >= 11 is 0. The van der Waals surface area contributed by atoms with Crippen molar-refractivity contribution < 1.29 is 19.1 Å². The van der Waals surface area contributed by atoms with Crippen molar-refractivity contribution >= 4 is 17.7 Å². The molecule has 0 radical (unpaired) electrons. The number of nitrogens with zero attached hydrogens (tertiary/aromatic N) is 2.